The van der Waals surface area contributed by atoms with E-state index in [4.69, 9.17) is 22.3 Å². The summed E-state index contributed by atoms with van der Waals surface area (Å²) < 4.78 is 0. The maximum atomic E-state index is 12.7. The molecule has 0 fully saturated rings. The van der Waals surface area contributed by atoms with Crippen molar-refractivity contribution in [3.05, 3.63) is 68.5 Å². The molecular formula is C22H16ClN3O3S2. The number of benzene rings is 1. The number of carboxylic acids is 1. The molecule has 9 heteroatoms. The lowest BCUT2D eigenvalue weighted by Gasteiger charge is -2.14. The molecule has 6 nitrogen and oxygen atoms in total. The topological polar surface area (TPSA) is 96.5 Å². The molecule has 0 saturated heterocycles. The standard InChI is InChI=1S/C22H16ClN3O3S2/c23-12-5-3-11(4-6-12)15(27)10-26-8-13-14(9-26)25-21-18(17(13)16-2-1-7-30-16)19(24)20(31-21)22(28)29/h1-7H,8-10,24H2,(H,28,29). The molecule has 31 heavy (non-hydrogen) atoms. The van der Waals surface area contributed by atoms with Gasteiger partial charge in [0, 0.05) is 39.5 Å². The molecule has 0 unspecified atom stereocenters. The number of carbonyl (C=O) groups excluding carboxylic acids is 1. The number of aromatic carboxylic acids is 1. The third-order valence-electron chi connectivity index (χ3n) is 5.31. The monoisotopic (exact) mass is 469 g/mol. The number of carboxylic acid groups (broad SMARTS) is 1. The largest absolute Gasteiger partial charge is 0.477 e. The predicted molar refractivity (Wildman–Crippen MR) is 124 cm³/mol. The third kappa shape index (κ3) is 3.51. The number of ketones is 1. The lowest BCUT2D eigenvalue weighted by Crippen LogP contribution is -2.24. The molecule has 0 spiro atoms. The van der Waals surface area contributed by atoms with Crippen LogP contribution in [0.1, 0.15) is 31.3 Å². The molecule has 4 heterocycles. The average molecular weight is 470 g/mol. The van der Waals surface area contributed by atoms with Gasteiger partial charge >= 0.3 is 5.97 Å². The Hall–Kier alpha value is -2.78. The lowest BCUT2D eigenvalue weighted by molar-refractivity contribution is 0.0703. The van der Waals surface area contributed by atoms with Gasteiger partial charge in [-0.2, -0.15) is 0 Å². The van der Waals surface area contributed by atoms with Crippen molar-refractivity contribution in [2.24, 2.45) is 0 Å². The molecule has 0 saturated carbocycles. The van der Waals surface area contributed by atoms with E-state index in [-0.39, 0.29) is 22.9 Å². The van der Waals surface area contributed by atoms with Gasteiger partial charge in [-0.05, 0) is 41.3 Å². The van der Waals surface area contributed by atoms with Crippen LogP contribution in [0.25, 0.3) is 20.7 Å². The van der Waals surface area contributed by atoms with Gasteiger partial charge in [-0.1, -0.05) is 17.7 Å². The van der Waals surface area contributed by atoms with Gasteiger partial charge in [0.1, 0.15) is 9.71 Å². The molecule has 1 aliphatic heterocycles. The van der Waals surface area contributed by atoms with Crippen molar-refractivity contribution in [2.45, 2.75) is 13.1 Å². The van der Waals surface area contributed by atoms with Crippen LogP contribution in [0.3, 0.4) is 0 Å². The molecular weight excluding hydrogens is 454 g/mol. The first-order valence-electron chi connectivity index (χ1n) is 9.44. The first-order valence-corrected chi connectivity index (χ1v) is 11.5. The minimum atomic E-state index is -1.05. The highest BCUT2D eigenvalue weighted by molar-refractivity contribution is 7.21. The number of rotatable bonds is 5. The second-order valence-corrected chi connectivity index (χ2v) is 9.68. The van der Waals surface area contributed by atoms with Crippen LogP contribution < -0.4 is 5.73 Å². The number of Topliss-reactive ketones (excluding diaryl/α,β-unsaturated/α-hetero) is 1. The minimum absolute atomic E-state index is 0.0108. The summed E-state index contributed by atoms with van der Waals surface area (Å²) in [5.41, 5.74) is 9.91. The maximum Gasteiger partial charge on any atom is 0.348 e. The number of nitrogens with two attached hydrogens (primary N) is 1. The number of aromatic nitrogens is 1. The molecule has 4 aromatic rings. The smallest absolute Gasteiger partial charge is 0.348 e. The maximum absolute atomic E-state index is 12.7. The van der Waals surface area contributed by atoms with E-state index < -0.39 is 5.97 Å². The van der Waals surface area contributed by atoms with E-state index in [2.05, 4.69) is 0 Å². The van der Waals surface area contributed by atoms with E-state index in [1.54, 1.807) is 35.6 Å². The summed E-state index contributed by atoms with van der Waals surface area (Å²) in [5.74, 6) is -1.04. The lowest BCUT2D eigenvalue weighted by atomic mass is 10.0. The van der Waals surface area contributed by atoms with Crippen molar-refractivity contribution in [1.82, 2.24) is 9.88 Å². The Morgan fingerprint density at radius 1 is 1.19 bits per heavy atom. The molecule has 3 N–H and O–H groups in total. The zero-order chi connectivity index (χ0) is 21.7. The quantitative estimate of drug-likeness (QED) is 0.392. The van der Waals surface area contributed by atoms with E-state index in [1.165, 1.54) is 0 Å². The first kappa shape index (κ1) is 20.1. The number of halogens is 1. The van der Waals surface area contributed by atoms with Crippen molar-refractivity contribution in [3.63, 3.8) is 0 Å². The third-order valence-corrected chi connectivity index (χ3v) is 7.54. The van der Waals surface area contributed by atoms with Gasteiger partial charge < -0.3 is 10.8 Å². The summed E-state index contributed by atoms with van der Waals surface area (Å²) in [6.07, 6.45) is 0. The number of hydrogen-bond acceptors (Lipinski definition) is 7. The Morgan fingerprint density at radius 3 is 2.65 bits per heavy atom. The number of carbonyl (C=O) groups is 2. The zero-order valence-electron chi connectivity index (χ0n) is 16.1. The Bertz CT molecular complexity index is 1330. The number of thiophene rings is 2. The van der Waals surface area contributed by atoms with E-state index in [1.807, 2.05) is 22.4 Å². The number of hydrogen-bond donors (Lipinski definition) is 2. The van der Waals surface area contributed by atoms with Crippen LogP contribution in [0.2, 0.25) is 5.02 Å². The predicted octanol–water partition coefficient (Wildman–Crippen LogP) is 5.16. The molecule has 0 bridgehead atoms. The fraction of sp³-hybridized carbons (Fsp3) is 0.136. The van der Waals surface area contributed by atoms with Gasteiger partial charge in [-0.25, -0.2) is 9.78 Å². The Morgan fingerprint density at radius 2 is 1.97 bits per heavy atom. The summed E-state index contributed by atoms with van der Waals surface area (Å²) in [6.45, 7) is 1.32. The van der Waals surface area contributed by atoms with Crippen molar-refractivity contribution in [3.8, 4) is 10.4 Å². The highest BCUT2D eigenvalue weighted by Crippen LogP contribution is 2.45. The number of pyridine rings is 1. The van der Waals surface area contributed by atoms with Gasteiger partial charge in [0.05, 0.1) is 17.9 Å². The molecule has 156 valence electrons. The molecule has 0 radical (unpaired) electrons. The van der Waals surface area contributed by atoms with E-state index in [0.29, 0.717) is 33.9 Å². The van der Waals surface area contributed by atoms with Crippen LogP contribution in [-0.2, 0) is 13.1 Å². The molecule has 0 atom stereocenters. The summed E-state index contributed by atoms with van der Waals surface area (Å²) >= 11 is 8.59. The summed E-state index contributed by atoms with van der Waals surface area (Å²) in [5, 5.41) is 12.8. The van der Waals surface area contributed by atoms with Crippen molar-refractivity contribution < 1.29 is 14.7 Å². The normalized spacial score (nSPS) is 13.6. The summed E-state index contributed by atoms with van der Waals surface area (Å²) in [4.78, 5) is 32.9. The van der Waals surface area contributed by atoms with E-state index >= 15 is 0 Å². The Balaban J connectivity index is 1.54. The fourth-order valence-electron chi connectivity index (χ4n) is 3.92. The molecule has 1 aromatic carbocycles. The van der Waals surface area contributed by atoms with E-state index in [0.717, 1.165) is 33.0 Å². The van der Waals surface area contributed by atoms with Gasteiger partial charge in [-0.15, -0.1) is 22.7 Å². The van der Waals surface area contributed by atoms with Crippen LogP contribution in [-0.4, -0.2) is 33.3 Å². The van der Waals surface area contributed by atoms with Gasteiger partial charge in [-0.3, -0.25) is 9.69 Å². The first-order chi connectivity index (χ1) is 14.9. The number of fused-ring (bicyclic) bond motifs is 2. The second kappa shape index (κ2) is 7.72. The minimum Gasteiger partial charge on any atom is -0.477 e. The van der Waals surface area contributed by atoms with Crippen molar-refractivity contribution in [2.75, 3.05) is 12.3 Å². The van der Waals surface area contributed by atoms with Crippen LogP contribution in [0, 0.1) is 0 Å². The second-order valence-electron chi connectivity index (χ2n) is 7.29. The average Bonchev–Trinajstić information content (AvgIpc) is 3.46. The highest BCUT2D eigenvalue weighted by atomic mass is 35.5. The number of anilines is 1. The number of nitrogens with zero attached hydrogens (tertiary/aromatic N) is 2. The van der Waals surface area contributed by atoms with Crippen molar-refractivity contribution in [1.29, 1.82) is 0 Å². The zero-order valence-corrected chi connectivity index (χ0v) is 18.5. The van der Waals surface area contributed by atoms with Crippen LogP contribution in [0.15, 0.2) is 41.8 Å². The SMILES string of the molecule is Nc1c(C(=O)O)sc2nc3c(c(-c4cccs4)c12)CN(CC(=O)c1ccc(Cl)cc1)C3. The van der Waals surface area contributed by atoms with E-state index in [9.17, 15) is 14.7 Å². The van der Waals surface area contributed by atoms with Crippen LogP contribution in [0.5, 0.6) is 0 Å². The molecule has 5 rings (SSSR count). The van der Waals surface area contributed by atoms with Gasteiger partial charge in [0.2, 0.25) is 0 Å². The summed E-state index contributed by atoms with van der Waals surface area (Å²) in [6, 6.07) is 10.8. The molecule has 1 aliphatic rings. The summed E-state index contributed by atoms with van der Waals surface area (Å²) in [7, 11) is 0. The molecule has 3 aromatic heterocycles. The fourth-order valence-corrected chi connectivity index (χ4v) is 5.82. The van der Waals surface area contributed by atoms with Crippen LogP contribution >= 0.6 is 34.3 Å². The number of nitrogen functional groups attached to an aromatic ring is 1. The van der Waals surface area contributed by atoms with Crippen molar-refractivity contribution >= 4 is 61.9 Å². The van der Waals surface area contributed by atoms with Gasteiger partial charge in [0.25, 0.3) is 0 Å². The highest BCUT2D eigenvalue weighted by Gasteiger charge is 2.30. The van der Waals surface area contributed by atoms with Gasteiger partial charge in [0.15, 0.2) is 5.78 Å². The van der Waals surface area contributed by atoms with Crippen LogP contribution in [0.4, 0.5) is 5.69 Å². The Labute approximate surface area is 190 Å². The molecule has 0 aliphatic carbocycles. The Kier molecular flexibility index (Phi) is 5.02. The molecule has 0 amide bonds.